The van der Waals surface area contributed by atoms with Crippen molar-refractivity contribution in [2.45, 2.75) is 6.92 Å². The highest BCUT2D eigenvalue weighted by Gasteiger charge is 1.97. The molecule has 0 amide bonds. The van der Waals surface area contributed by atoms with Crippen LogP contribution in [0.2, 0.25) is 0 Å². The number of hydrogen-bond acceptors (Lipinski definition) is 2. The van der Waals surface area contributed by atoms with Crippen molar-refractivity contribution in [1.82, 2.24) is 0 Å². The minimum Gasteiger partial charge on any atom is -0.396 e. The first-order chi connectivity index (χ1) is 6.24. The molecule has 0 bridgehead atoms. The molecule has 0 aromatic heterocycles. The first-order valence-electron chi connectivity index (χ1n) is 3.84. The van der Waals surface area contributed by atoms with Gasteiger partial charge in [0, 0.05) is 0 Å². The van der Waals surface area contributed by atoms with E-state index in [1.807, 2.05) is 6.92 Å². The van der Waals surface area contributed by atoms with E-state index < -0.39 is 0 Å². The van der Waals surface area contributed by atoms with Crippen molar-refractivity contribution in [1.29, 1.82) is 0 Å². The minimum atomic E-state index is -0.284. The van der Waals surface area contributed by atoms with Crippen LogP contribution < -0.4 is 0 Å². The quantitative estimate of drug-likeness (QED) is 0.593. The van der Waals surface area contributed by atoms with Crippen molar-refractivity contribution in [3.8, 4) is 0 Å². The lowest BCUT2D eigenvalue weighted by molar-refractivity contribution is 0.160. The van der Waals surface area contributed by atoms with Crippen molar-refractivity contribution in [2.24, 2.45) is 5.16 Å². The Kier molecular flexibility index (Phi) is 3.89. The summed E-state index contributed by atoms with van der Waals surface area (Å²) in [7, 11) is 0. The fraction of sp³-hybridized carbons (Fsp3) is 0.222. The first-order valence-corrected chi connectivity index (χ1v) is 4.63. The summed E-state index contributed by atoms with van der Waals surface area (Å²) in [5.74, 6) is -0.284. The summed E-state index contributed by atoms with van der Waals surface area (Å²) in [6, 6.07) is 4.64. The van der Waals surface area contributed by atoms with Crippen molar-refractivity contribution in [3.63, 3.8) is 0 Å². The topological polar surface area (TPSA) is 21.6 Å². The van der Waals surface area contributed by atoms with Crippen LogP contribution in [0.5, 0.6) is 0 Å². The fourth-order valence-corrected chi connectivity index (χ4v) is 1.16. The van der Waals surface area contributed by atoms with Crippen molar-refractivity contribution >= 4 is 22.1 Å². The molecule has 4 heteroatoms. The number of benzene rings is 1. The van der Waals surface area contributed by atoms with E-state index >= 15 is 0 Å². The molecule has 0 fully saturated rings. The van der Waals surface area contributed by atoms with Gasteiger partial charge in [0.1, 0.15) is 12.4 Å². The van der Waals surface area contributed by atoms with E-state index in [1.54, 1.807) is 12.1 Å². The molecule has 0 heterocycles. The van der Waals surface area contributed by atoms with Crippen LogP contribution in [-0.4, -0.2) is 12.8 Å². The van der Waals surface area contributed by atoms with Crippen LogP contribution >= 0.6 is 15.9 Å². The minimum absolute atomic E-state index is 0.284. The molecule has 0 saturated heterocycles. The zero-order valence-corrected chi connectivity index (χ0v) is 8.71. The van der Waals surface area contributed by atoms with Crippen LogP contribution in [0.15, 0.2) is 27.8 Å². The van der Waals surface area contributed by atoms with Crippen LogP contribution in [0, 0.1) is 5.82 Å². The second kappa shape index (κ2) is 4.97. The predicted octanol–water partition coefficient (Wildman–Crippen LogP) is 2.96. The molecule has 0 aliphatic rings. The summed E-state index contributed by atoms with van der Waals surface area (Å²) in [5, 5.41) is 3.66. The molecule has 0 N–H and O–H groups in total. The Bertz CT molecular complexity index is 314. The normalized spacial score (nSPS) is 10.7. The molecule has 0 aliphatic heterocycles. The summed E-state index contributed by atoms with van der Waals surface area (Å²) in [5.41, 5.74) is 0.793. The molecule has 0 atom stereocenters. The zero-order valence-electron chi connectivity index (χ0n) is 7.13. The highest BCUT2D eigenvalue weighted by Crippen LogP contribution is 2.15. The van der Waals surface area contributed by atoms with Crippen LogP contribution in [0.1, 0.15) is 12.5 Å². The molecule has 0 saturated carbocycles. The highest BCUT2D eigenvalue weighted by molar-refractivity contribution is 9.10. The van der Waals surface area contributed by atoms with Gasteiger partial charge in [-0.05, 0) is 40.5 Å². The molecule has 1 aromatic carbocycles. The van der Waals surface area contributed by atoms with Gasteiger partial charge in [-0.1, -0.05) is 11.2 Å². The maximum Gasteiger partial charge on any atom is 0.137 e. The summed E-state index contributed by atoms with van der Waals surface area (Å²) < 4.78 is 13.2. The summed E-state index contributed by atoms with van der Waals surface area (Å²) in [6.07, 6.45) is 1.54. The van der Waals surface area contributed by atoms with Gasteiger partial charge in [0.2, 0.25) is 0 Å². The number of nitrogens with zero attached hydrogens (tertiary/aromatic N) is 1. The third-order valence-electron chi connectivity index (χ3n) is 1.35. The smallest absolute Gasteiger partial charge is 0.137 e. The molecule has 2 nitrogen and oxygen atoms in total. The average Bonchev–Trinajstić information content (AvgIpc) is 2.12. The van der Waals surface area contributed by atoms with Crippen LogP contribution in [-0.2, 0) is 4.84 Å². The van der Waals surface area contributed by atoms with Crippen molar-refractivity contribution in [3.05, 3.63) is 34.1 Å². The van der Waals surface area contributed by atoms with Gasteiger partial charge in [-0.15, -0.1) is 0 Å². The molecule has 1 aromatic rings. The van der Waals surface area contributed by atoms with Crippen LogP contribution in [0.25, 0.3) is 0 Å². The largest absolute Gasteiger partial charge is 0.396 e. The molecule has 13 heavy (non-hydrogen) atoms. The number of hydrogen-bond donors (Lipinski definition) is 0. The van der Waals surface area contributed by atoms with Gasteiger partial charge in [-0.2, -0.15) is 0 Å². The lowest BCUT2D eigenvalue weighted by Gasteiger charge is -1.96. The monoisotopic (exact) mass is 245 g/mol. The SMILES string of the molecule is CCO/N=C/c1ccc(F)c(Br)c1. The molecule has 70 valence electrons. The summed E-state index contributed by atoms with van der Waals surface area (Å²) in [4.78, 5) is 4.77. The number of halogens is 2. The zero-order chi connectivity index (χ0) is 9.68. The van der Waals surface area contributed by atoms with E-state index in [-0.39, 0.29) is 5.82 Å². The highest BCUT2D eigenvalue weighted by atomic mass is 79.9. The van der Waals surface area contributed by atoms with E-state index in [2.05, 4.69) is 21.1 Å². The Labute approximate surface area is 84.5 Å². The molecular formula is C9H9BrFNO. The Morgan fingerprint density at radius 1 is 1.62 bits per heavy atom. The van der Waals surface area contributed by atoms with Crippen molar-refractivity contribution in [2.75, 3.05) is 6.61 Å². The Morgan fingerprint density at radius 3 is 3.00 bits per heavy atom. The Hall–Kier alpha value is -0.900. The Morgan fingerprint density at radius 2 is 2.38 bits per heavy atom. The average molecular weight is 246 g/mol. The molecule has 0 spiro atoms. The second-order valence-electron chi connectivity index (χ2n) is 2.33. The van der Waals surface area contributed by atoms with Gasteiger partial charge in [0.25, 0.3) is 0 Å². The molecular weight excluding hydrogens is 237 g/mol. The third-order valence-corrected chi connectivity index (χ3v) is 1.96. The lowest BCUT2D eigenvalue weighted by atomic mass is 10.2. The van der Waals surface area contributed by atoms with E-state index in [4.69, 9.17) is 4.84 Å². The Balaban J connectivity index is 2.73. The van der Waals surface area contributed by atoms with Gasteiger partial charge in [-0.25, -0.2) is 4.39 Å². The maximum atomic E-state index is 12.8. The van der Waals surface area contributed by atoms with E-state index in [1.165, 1.54) is 12.3 Å². The third kappa shape index (κ3) is 3.14. The first kappa shape index (κ1) is 10.2. The standard InChI is InChI=1S/C9H9BrFNO/c1-2-13-12-6-7-3-4-9(11)8(10)5-7/h3-6H,2H2,1H3/b12-6+. The number of rotatable bonds is 3. The molecule has 0 radical (unpaired) electrons. The lowest BCUT2D eigenvalue weighted by Crippen LogP contribution is -1.86. The van der Waals surface area contributed by atoms with E-state index in [0.29, 0.717) is 11.1 Å². The molecule has 0 unspecified atom stereocenters. The molecule has 0 aliphatic carbocycles. The van der Waals surface area contributed by atoms with Crippen LogP contribution in [0.3, 0.4) is 0 Å². The van der Waals surface area contributed by atoms with E-state index in [9.17, 15) is 4.39 Å². The van der Waals surface area contributed by atoms with Gasteiger partial charge in [0.05, 0.1) is 10.7 Å². The van der Waals surface area contributed by atoms with Crippen molar-refractivity contribution < 1.29 is 9.23 Å². The maximum absolute atomic E-state index is 12.8. The molecule has 1 rings (SSSR count). The summed E-state index contributed by atoms with van der Waals surface area (Å²) in [6.45, 7) is 2.37. The second-order valence-corrected chi connectivity index (χ2v) is 3.18. The van der Waals surface area contributed by atoms with Crippen LogP contribution in [0.4, 0.5) is 4.39 Å². The van der Waals surface area contributed by atoms with Gasteiger partial charge >= 0.3 is 0 Å². The van der Waals surface area contributed by atoms with Gasteiger partial charge in [0.15, 0.2) is 0 Å². The number of oxime groups is 1. The summed E-state index contributed by atoms with van der Waals surface area (Å²) >= 11 is 3.08. The van der Waals surface area contributed by atoms with Gasteiger partial charge in [-0.3, -0.25) is 0 Å². The fourth-order valence-electron chi connectivity index (χ4n) is 0.765. The van der Waals surface area contributed by atoms with Gasteiger partial charge < -0.3 is 4.84 Å². The predicted molar refractivity (Wildman–Crippen MR) is 53.3 cm³/mol. The van der Waals surface area contributed by atoms with E-state index in [0.717, 1.165) is 5.56 Å².